The molecule has 1 heterocycles. The SMILES string of the molecule is CN[C@@H](C)C(=O)N[C@H]1CN(C(C)=O)c2ccccc2N(Cc2c(C)ccc3ccccc23)C1O. The Balaban J connectivity index is 1.82. The first-order valence-corrected chi connectivity index (χ1v) is 11.6. The van der Waals surface area contributed by atoms with Crippen LogP contribution in [0.25, 0.3) is 10.8 Å². The third-order valence-corrected chi connectivity index (χ3v) is 6.68. The molecule has 4 rings (SSSR count). The lowest BCUT2D eigenvalue weighted by Crippen LogP contribution is -2.57. The predicted molar refractivity (Wildman–Crippen MR) is 136 cm³/mol. The molecule has 3 N–H and O–H groups in total. The molecule has 0 spiro atoms. The Hall–Kier alpha value is -3.42. The van der Waals surface area contributed by atoms with Crippen LogP contribution >= 0.6 is 0 Å². The molecule has 3 aromatic rings. The van der Waals surface area contributed by atoms with Crippen LogP contribution in [0.4, 0.5) is 11.4 Å². The smallest absolute Gasteiger partial charge is 0.237 e. The van der Waals surface area contributed by atoms with E-state index >= 15 is 0 Å². The van der Waals surface area contributed by atoms with Gasteiger partial charge < -0.3 is 25.5 Å². The molecule has 7 nitrogen and oxygen atoms in total. The average Bonchev–Trinajstić information content (AvgIpc) is 2.95. The van der Waals surface area contributed by atoms with Crippen molar-refractivity contribution >= 4 is 34.0 Å². The number of aliphatic hydroxyl groups is 1. The Morgan fingerprint density at radius 2 is 1.74 bits per heavy atom. The van der Waals surface area contributed by atoms with Crippen LogP contribution in [-0.2, 0) is 16.1 Å². The number of aryl methyl sites for hydroxylation is 1. The van der Waals surface area contributed by atoms with Crippen molar-refractivity contribution in [2.45, 2.75) is 45.6 Å². The number of likely N-dealkylation sites (N-methyl/N-ethyl adjacent to an activating group) is 1. The second kappa shape index (κ2) is 9.83. The van der Waals surface area contributed by atoms with Gasteiger partial charge in [0.1, 0.15) is 6.23 Å². The minimum absolute atomic E-state index is 0.149. The van der Waals surface area contributed by atoms with Crippen LogP contribution in [0.1, 0.15) is 25.0 Å². The highest BCUT2D eigenvalue weighted by atomic mass is 16.3. The summed E-state index contributed by atoms with van der Waals surface area (Å²) in [7, 11) is 1.71. The second-order valence-corrected chi connectivity index (χ2v) is 8.87. The molecule has 1 aliphatic rings. The lowest BCUT2D eigenvalue weighted by molar-refractivity contribution is -0.124. The summed E-state index contributed by atoms with van der Waals surface area (Å²) in [5.41, 5.74) is 3.67. The van der Waals surface area contributed by atoms with Crippen molar-refractivity contribution in [2.24, 2.45) is 0 Å². The quantitative estimate of drug-likeness (QED) is 0.545. The molecule has 3 atom stereocenters. The number of para-hydroxylation sites is 2. The average molecular weight is 461 g/mol. The monoisotopic (exact) mass is 460 g/mol. The summed E-state index contributed by atoms with van der Waals surface area (Å²) in [6.45, 7) is 5.91. The van der Waals surface area contributed by atoms with Gasteiger partial charge in [0.15, 0.2) is 0 Å². The van der Waals surface area contributed by atoms with E-state index in [1.165, 1.54) is 6.92 Å². The van der Waals surface area contributed by atoms with Crippen molar-refractivity contribution in [1.82, 2.24) is 10.6 Å². The van der Waals surface area contributed by atoms with Gasteiger partial charge in [-0.1, -0.05) is 48.5 Å². The van der Waals surface area contributed by atoms with Crippen molar-refractivity contribution in [1.29, 1.82) is 0 Å². The number of fused-ring (bicyclic) bond motifs is 2. The van der Waals surface area contributed by atoms with E-state index in [9.17, 15) is 14.7 Å². The van der Waals surface area contributed by atoms with Crippen molar-refractivity contribution in [2.75, 3.05) is 23.4 Å². The number of amides is 2. The standard InChI is InChI=1S/C27H32N4O3/c1-17-13-14-20-9-5-6-10-21(20)22(17)15-31-25-12-8-7-11-24(25)30(19(3)32)16-23(27(31)34)29-26(33)18(2)28-4/h5-14,18,23,27-28,34H,15-16H2,1-4H3,(H,29,33)/t18-,23-,27?/m0/s1. The highest BCUT2D eigenvalue weighted by molar-refractivity contribution is 5.96. The van der Waals surface area contributed by atoms with Gasteiger partial charge in [0.05, 0.1) is 30.0 Å². The van der Waals surface area contributed by atoms with Gasteiger partial charge in [0.25, 0.3) is 0 Å². The summed E-state index contributed by atoms with van der Waals surface area (Å²) in [4.78, 5) is 28.9. The lowest BCUT2D eigenvalue weighted by Gasteiger charge is -2.34. The fourth-order valence-corrected chi connectivity index (χ4v) is 4.55. The largest absolute Gasteiger partial charge is 0.371 e. The van der Waals surface area contributed by atoms with Gasteiger partial charge in [-0.05, 0) is 54.9 Å². The Labute approximate surface area is 200 Å². The van der Waals surface area contributed by atoms with E-state index in [0.717, 1.165) is 27.6 Å². The number of benzene rings is 3. The number of carbonyl (C=O) groups excluding carboxylic acids is 2. The Morgan fingerprint density at radius 1 is 1.06 bits per heavy atom. The molecule has 1 aliphatic heterocycles. The number of hydrogen-bond donors (Lipinski definition) is 3. The predicted octanol–water partition coefficient (Wildman–Crippen LogP) is 2.93. The number of carbonyl (C=O) groups is 2. The summed E-state index contributed by atoms with van der Waals surface area (Å²) in [6.07, 6.45) is -1.04. The zero-order chi connectivity index (χ0) is 24.4. The topological polar surface area (TPSA) is 84.9 Å². The van der Waals surface area contributed by atoms with Crippen molar-refractivity contribution in [3.63, 3.8) is 0 Å². The number of anilines is 2. The summed E-state index contributed by atoms with van der Waals surface area (Å²) in [5.74, 6) is -0.383. The van der Waals surface area contributed by atoms with Crippen LogP contribution in [0.3, 0.4) is 0 Å². The van der Waals surface area contributed by atoms with Crippen LogP contribution in [0.2, 0.25) is 0 Å². The first-order valence-electron chi connectivity index (χ1n) is 11.6. The van der Waals surface area contributed by atoms with E-state index in [4.69, 9.17) is 0 Å². The molecule has 0 fully saturated rings. The maximum atomic E-state index is 12.7. The van der Waals surface area contributed by atoms with Crippen molar-refractivity contribution in [3.05, 3.63) is 71.8 Å². The van der Waals surface area contributed by atoms with Gasteiger partial charge in [-0.3, -0.25) is 9.59 Å². The van der Waals surface area contributed by atoms with Gasteiger partial charge in [0, 0.05) is 13.5 Å². The van der Waals surface area contributed by atoms with E-state index in [-0.39, 0.29) is 18.4 Å². The van der Waals surface area contributed by atoms with Gasteiger partial charge in [-0.2, -0.15) is 0 Å². The van der Waals surface area contributed by atoms with Crippen LogP contribution in [0.15, 0.2) is 60.7 Å². The lowest BCUT2D eigenvalue weighted by atomic mass is 9.98. The summed E-state index contributed by atoms with van der Waals surface area (Å²) in [6, 6.07) is 18.8. The molecule has 34 heavy (non-hydrogen) atoms. The van der Waals surface area contributed by atoms with Gasteiger partial charge in [0.2, 0.25) is 11.8 Å². The molecule has 0 radical (unpaired) electrons. The van der Waals surface area contributed by atoms with Crippen molar-refractivity contribution in [3.8, 4) is 0 Å². The van der Waals surface area contributed by atoms with E-state index in [1.54, 1.807) is 18.9 Å². The maximum Gasteiger partial charge on any atom is 0.237 e. The van der Waals surface area contributed by atoms with Gasteiger partial charge in [-0.25, -0.2) is 0 Å². The molecular weight excluding hydrogens is 428 g/mol. The first kappa shape index (κ1) is 23.7. The van der Waals surface area contributed by atoms with Crippen molar-refractivity contribution < 1.29 is 14.7 Å². The van der Waals surface area contributed by atoms with E-state index in [1.807, 2.05) is 41.3 Å². The fraction of sp³-hybridized carbons (Fsp3) is 0.333. The number of hydrogen-bond acceptors (Lipinski definition) is 5. The zero-order valence-corrected chi connectivity index (χ0v) is 20.1. The Kier molecular flexibility index (Phi) is 6.86. The highest BCUT2D eigenvalue weighted by Crippen LogP contribution is 2.36. The maximum absolute atomic E-state index is 12.7. The zero-order valence-electron chi connectivity index (χ0n) is 20.1. The summed E-state index contributed by atoms with van der Waals surface area (Å²) < 4.78 is 0. The molecule has 3 aromatic carbocycles. The summed E-state index contributed by atoms with van der Waals surface area (Å²) in [5, 5.41) is 19.8. The highest BCUT2D eigenvalue weighted by Gasteiger charge is 2.36. The normalized spacial score (nSPS) is 18.9. The van der Waals surface area contributed by atoms with E-state index in [2.05, 4.69) is 41.8 Å². The molecule has 1 unspecified atom stereocenters. The Morgan fingerprint density at radius 3 is 2.44 bits per heavy atom. The number of rotatable bonds is 5. The van der Waals surface area contributed by atoms with Gasteiger partial charge >= 0.3 is 0 Å². The third-order valence-electron chi connectivity index (χ3n) is 6.68. The third kappa shape index (κ3) is 4.49. The van der Waals surface area contributed by atoms with Crippen LogP contribution in [0, 0.1) is 6.92 Å². The molecule has 0 aliphatic carbocycles. The minimum Gasteiger partial charge on any atom is -0.371 e. The van der Waals surface area contributed by atoms with E-state index in [0.29, 0.717) is 12.2 Å². The molecule has 178 valence electrons. The molecule has 7 heteroatoms. The number of nitrogens with one attached hydrogen (secondary N) is 2. The fourth-order valence-electron chi connectivity index (χ4n) is 4.55. The first-order chi connectivity index (χ1) is 16.3. The molecule has 0 saturated heterocycles. The van der Waals surface area contributed by atoms with Gasteiger partial charge in [-0.15, -0.1) is 0 Å². The summed E-state index contributed by atoms with van der Waals surface area (Å²) >= 11 is 0. The van der Waals surface area contributed by atoms with E-state index < -0.39 is 18.3 Å². The minimum atomic E-state index is -1.04. The Bertz CT molecular complexity index is 1210. The molecule has 0 aromatic heterocycles. The molecule has 2 amide bonds. The number of aliphatic hydroxyl groups excluding tert-OH is 1. The second-order valence-electron chi connectivity index (χ2n) is 8.87. The molecular formula is C27H32N4O3. The van der Waals surface area contributed by atoms with Crippen LogP contribution in [0.5, 0.6) is 0 Å². The van der Waals surface area contributed by atoms with Crippen LogP contribution in [-0.4, -0.2) is 48.8 Å². The molecule has 0 bridgehead atoms. The molecule has 0 saturated carbocycles. The van der Waals surface area contributed by atoms with Crippen LogP contribution < -0.4 is 20.4 Å². The number of nitrogens with zero attached hydrogens (tertiary/aromatic N) is 2.